The minimum Gasteiger partial charge on any atom is -0.443 e. The highest BCUT2D eigenvalue weighted by atomic mass is 35.5. The first-order valence-corrected chi connectivity index (χ1v) is 12.0. The number of pyridine rings is 2. The maximum atomic E-state index is 12.9. The molecular formula is C19H14ClN3O5S2. The molecule has 4 rings (SSSR count). The van der Waals surface area contributed by atoms with Crippen LogP contribution in [0.4, 0.5) is 5.69 Å². The molecule has 4 aromatic rings. The summed E-state index contributed by atoms with van der Waals surface area (Å²) in [6.45, 7) is 0. The van der Waals surface area contributed by atoms with E-state index in [0.717, 1.165) is 6.20 Å². The van der Waals surface area contributed by atoms with E-state index in [-0.39, 0.29) is 15.8 Å². The van der Waals surface area contributed by atoms with E-state index in [2.05, 4.69) is 14.7 Å². The van der Waals surface area contributed by atoms with Gasteiger partial charge >= 0.3 is 0 Å². The van der Waals surface area contributed by atoms with Crippen LogP contribution in [-0.2, 0) is 25.6 Å². The summed E-state index contributed by atoms with van der Waals surface area (Å²) >= 11 is 5.94. The molecule has 0 radical (unpaired) electrons. The lowest BCUT2D eigenvalue weighted by Crippen LogP contribution is -2.17. The molecule has 0 spiro atoms. The lowest BCUT2D eigenvalue weighted by Gasteiger charge is -2.11. The van der Waals surface area contributed by atoms with Gasteiger partial charge in [0.15, 0.2) is 5.03 Å². The van der Waals surface area contributed by atoms with Gasteiger partial charge < -0.3 is 4.42 Å². The first-order valence-electron chi connectivity index (χ1n) is 8.53. The zero-order valence-electron chi connectivity index (χ0n) is 15.2. The normalized spacial score (nSPS) is 12.2. The van der Waals surface area contributed by atoms with Gasteiger partial charge in [0.25, 0.3) is 10.0 Å². The summed E-state index contributed by atoms with van der Waals surface area (Å²) in [6, 6.07) is 12.5. The number of anilines is 1. The Morgan fingerprint density at radius 1 is 1.00 bits per heavy atom. The maximum Gasteiger partial charge on any atom is 0.295 e. The fourth-order valence-electron chi connectivity index (χ4n) is 2.80. The summed E-state index contributed by atoms with van der Waals surface area (Å²) in [5.74, 6) is -0.408. The molecule has 30 heavy (non-hydrogen) atoms. The topological polar surface area (TPSA) is 119 Å². The Morgan fingerprint density at radius 3 is 2.53 bits per heavy atom. The van der Waals surface area contributed by atoms with E-state index in [1.807, 2.05) is 0 Å². The summed E-state index contributed by atoms with van der Waals surface area (Å²) in [4.78, 5) is 7.76. The minimum atomic E-state index is -4.24. The maximum absolute atomic E-state index is 12.9. The molecule has 0 atom stereocenters. The van der Waals surface area contributed by atoms with Gasteiger partial charge in [-0.2, -0.15) is 8.42 Å². The largest absolute Gasteiger partial charge is 0.443 e. The fraction of sp³-hybridized carbons (Fsp3) is 0.0526. The molecule has 0 unspecified atom stereocenters. The van der Waals surface area contributed by atoms with Gasteiger partial charge in [0, 0.05) is 30.0 Å². The van der Waals surface area contributed by atoms with Crippen LogP contribution in [0.5, 0.6) is 0 Å². The second-order valence-corrected chi connectivity index (χ2v) is 10.3. The van der Waals surface area contributed by atoms with E-state index in [1.54, 1.807) is 36.4 Å². The average molecular weight is 464 g/mol. The van der Waals surface area contributed by atoms with Crippen LogP contribution in [0.15, 0.2) is 81.7 Å². The lowest BCUT2D eigenvalue weighted by atomic mass is 10.3. The Labute approximate surface area is 177 Å². The summed E-state index contributed by atoms with van der Waals surface area (Å²) in [6.07, 6.45) is 4.06. The number of fused-ring (bicyclic) bond motifs is 1. The second kappa shape index (κ2) is 7.71. The van der Waals surface area contributed by atoms with E-state index in [1.165, 1.54) is 24.5 Å². The molecule has 0 aliphatic rings. The molecule has 0 fully saturated rings. The van der Waals surface area contributed by atoms with Crippen molar-refractivity contribution in [2.45, 2.75) is 15.9 Å². The van der Waals surface area contributed by atoms with Crippen LogP contribution in [0, 0.1) is 0 Å². The van der Waals surface area contributed by atoms with E-state index >= 15 is 0 Å². The number of rotatable bonds is 6. The molecule has 8 nitrogen and oxygen atoms in total. The van der Waals surface area contributed by atoms with Gasteiger partial charge in [-0.15, -0.1) is 0 Å². The number of hydrogen-bond acceptors (Lipinski definition) is 7. The number of furan rings is 1. The standard InChI is InChI=1S/C19H14ClN3O5S2/c20-15-9-16(19(22-11-15)29(24,25)12-13-4-3-7-21-10-13)23-30(26,27)18-8-14-5-1-2-6-17(14)28-18/h1-11,23H,12H2. The molecule has 0 aliphatic carbocycles. The van der Waals surface area contributed by atoms with E-state index < -0.39 is 30.6 Å². The fourth-order valence-corrected chi connectivity index (χ4v) is 5.46. The lowest BCUT2D eigenvalue weighted by molar-refractivity contribution is 0.484. The SMILES string of the molecule is O=S(=O)(Cc1cccnc1)c1ncc(Cl)cc1NS(=O)(=O)c1cc2ccccc2o1. The summed E-state index contributed by atoms with van der Waals surface area (Å²) in [7, 11) is -8.25. The monoisotopic (exact) mass is 463 g/mol. The van der Waals surface area contributed by atoms with Crippen molar-refractivity contribution in [1.82, 2.24) is 9.97 Å². The number of halogens is 1. The number of para-hydroxylation sites is 1. The smallest absolute Gasteiger partial charge is 0.295 e. The first-order chi connectivity index (χ1) is 14.2. The number of nitrogens with zero attached hydrogens (tertiary/aromatic N) is 2. The van der Waals surface area contributed by atoms with E-state index in [0.29, 0.717) is 16.5 Å². The zero-order valence-corrected chi connectivity index (χ0v) is 17.6. The molecular weight excluding hydrogens is 450 g/mol. The molecule has 0 saturated heterocycles. The van der Waals surface area contributed by atoms with Crippen molar-refractivity contribution in [1.29, 1.82) is 0 Å². The zero-order chi connectivity index (χ0) is 21.4. The van der Waals surface area contributed by atoms with Crippen LogP contribution in [-0.4, -0.2) is 26.8 Å². The molecule has 0 saturated carbocycles. The Morgan fingerprint density at radius 2 is 1.80 bits per heavy atom. The van der Waals surface area contributed by atoms with Crippen molar-refractivity contribution in [2.75, 3.05) is 4.72 Å². The van der Waals surface area contributed by atoms with Crippen LogP contribution < -0.4 is 4.72 Å². The predicted octanol–water partition coefficient (Wildman–Crippen LogP) is 3.65. The van der Waals surface area contributed by atoms with E-state index in [9.17, 15) is 16.8 Å². The van der Waals surface area contributed by atoms with Gasteiger partial charge in [-0.3, -0.25) is 9.71 Å². The number of sulfonamides is 1. The van der Waals surface area contributed by atoms with Gasteiger partial charge in [0.1, 0.15) is 5.58 Å². The van der Waals surface area contributed by atoms with Crippen molar-refractivity contribution in [3.8, 4) is 0 Å². The third kappa shape index (κ3) is 4.16. The highest BCUT2D eigenvalue weighted by Crippen LogP contribution is 2.29. The van der Waals surface area contributed by atoms with Crippen LogP contribution in [0.1, 0.15) is 5.56 Å². The van der Waals surface area contributed by atoms with Crippen LogP contribution in [0.3, 0.4) is 0 Å². The molecule has 1 N–H and O–H groups in total. The first kappa shape index (κ1) is 20.3. The Balaban J connectivity index is 1.73. The summed E-state index contributed by atoms with van der Waals surface area (Å²) in [5, 5.41) is -0.154. The molecule has 3 aromatic heterocycles. The van der Waals surface area contributed by atoms with Gasteiger partial charge in [0.2, 0.25) is 14.9 Å². The van der Waals surface area contributed by atoms with Crippen molar-refractivity contribution < 1.29 is 21.3 Å². The summed E-state index contributed by atoms with van der Waals surface area (Å²) < 4.78 is 59.1. The number of nitrogens with one attached hydrogen (secondary N) is 1. The molecule has 1 aromatic carbocycles. The molecule has 3 heterocycles. The van der Waals surface area contributed by atoms with Crippen molar-refractivity contribution in [2.24, 2.45) is 0 Å². The average Bonchev–Trinajstić information content (AvgIpc) is 3.13. The quantitative estimate of drug-likeness (QED) is 0.463. The summed E-state index contributed by atoms with van der Waals surface area (Å²) in [5.41, 5.74) is 0.540. The third-order valence-corrected chi connectivity index (χ3v) is 7.16. The third-order valence-electron chi connectivity index (χ3n) is 4.10. The Bertz CT molecular complexity index is 1400. The molecule has 0 bridgehead atoms. The second-order valence-electron chi connectivity index (χ2n) is 6.34. The Hall–Kier alpha value is -2.95. The highest BCUT2D eigenvalue weighted by molar-refractivity contribution is 7.93. The van der Waals surface area contributed by atoms with Gasteiger partial charge in [-0.25, -0.2) is 13.4 Å². The van der Waals surface area contributed by atoms with Crippen molar-refractivity contribution in [3.05, 3.63) is 77.7 Å². The van der Waals surface area contributed by atoms with Gasteiger partial charge in [0.05, 0.1) is 16.5 Å². The van der Waals surface area contributed by atoms with Crippen molar-refractivity contribution in [3.63, 3.8) is 0 Å². The minimum absolute atomic E-state index is 0.0673. The van der Waals surface area contributed by atoms with Crippen LogP contribution >= 0.6 is 11.6 Å². The Kier molecular flexibility index (Phi) is 5.22. The molecule has 0 aliphatic heterocycles. The van der Waals surface area contributed by atoms with Gasteiger partial charge in [-0.05, 0) is 23.8 Å². The number of benzene rings is 1. The molecule has 154 valence electrons. The number of hydrogen-bond donors (Lipinski definition) is 1. The molecule has 0 amide bonds. The van der Waals surface area contributed by atoms with Crippen LogP contribution in [0.2, 0.25) is 5.02 Å². The predicted molar refractivity (Wildman–Crippen MR) is 111 cm³/mol. The molecule has 11 heteroatoms. The van der Waals surface area contributed by atoms with Crippen molar-refractivity contribution >= 4 is 48.1 Å². The number of sulfone groups is 1. The van der Waals surface area contributed by atoms with Gasteiger partial charge in [-0.1, -0.05) is 35.9 Å². The highest BCUT2D eigenvalue weighted by Gasteiger charge is 2.27. The van der Waals surface area contributed by atoms with Crippen LogP contribution in [0.25, 0.3) is 11.0 Å². The van der Waals surface area contributed by atoms with E-state index in [4.69, 9.17) is 16.0 Å². The number of aromatic nitrogens is 2.